The fourth-order valence-corrected chi connectivity index (χ4v) is 6.96. The second kappa shape index (κ2) is 13.8. The van der Waals surface area contributed by atoms with Crippen LogP contribution in [0.25, 0.3) is 17.3 Å². The number of allylic oxidation sites excluding steroid dienone is 1. The fourth-order valence-electron chi connectivity index (χ4n) is 5.19. The smallest absolute Gasteiger partial charge is 0.433 e. The summed E-state index contributed by atoms with van der Waals surface area (Å²) < 4.78 is 64.9. The molecular formula is C34H27F3N4O6S2. The summed E-state index contributed by atoms with van der Waals surface area (Å²) in [5, 5.41) is 0.0480. The van der Waals surface area contributed by atoms with Gasteiger partial charge in [0.25, 0.3) is 5.56 Å². The van der Waals surface area contributed by atoms with Gasteiger partial charge in [0, 0.05) is 11.6 Å². The van der Waals surface area contributed by atoms with E-state index < -0.39 is 29.4 Å². The van der Waals surface area contributed by atoms with Crippen LogP contribution in [0.15, 0.2) is 102 Å². The van der Waals surface area contributed by atoms with Crippen molar-refractivity contribution in [1.82, 2.24) is 14.5 Å². The Balaban J connectivity index is 1.39. The number of esters is 1. The third-order valence-electron chi connectivity index (χ3n) is 7.37. The molecular weight excluding hydrogens is 682 g/mol. The number of thiazole rings is 1. The highest BCUT2D eigenvalue weighted by Gasteiger charge is 2.35. The Bertz CT molecular complexity index is 2260. The van der Waals surface area contributed by atoms with E-state index in [0.29, 0.717) is 33.1 Å². The van der Waals surface area contributed by atoms with Crippen LogP contribution in [-0.2, 0) is 15.7 Å². The minimum atomic E-state index is -4.69. The first-order valence-electron chi connectivity index (χ1n) is 14.7. The fraction of sp³-hybridized carbons (Fsp3) is 0.206. The molecule has 1 aliphatic heterocycles. The van der Waals surface area contributed by atoms with Gasteiger partial charge in [-0.2, -0.15) is 13.2 Å². The van der Waals surface area contributed by atoms with Gasteiger partial charge in [-0.25, -0.2) is 19.8 Å². The molecule has 10 nitrogen and oxygen atoms in total. The first kappa shape index (κ1) is 33.7. The first-order valence-corrected chi connectivity index (χ1v) is 16.3. The predicted molar refractivity (Wildman–Crippen MR) is 175 cm³/mol. The number of aromatic nitrogens is 3. The van der Waals surface area contributed by atoms with Gasteiger partial charge in [-0.15, -0.1) is 0 Å². The number of nitrogens with zero attached hydrogens (tertiary/aromatic N) is 4. The van der Waals surface area contributed by atoms with Crippen molar-refractivity contribution in [1.29, 1.82) is 0 Å². The van der Waals surface area contributed by atoms with E-state index in [1.54, 1.807) is 74.5 Å². The summed E-state index contributed by atoms with van der Waals surface area (Å²) in [5.74, 6) is 0.515. The van der Waals surface area contributed by atoms with Crippen molar-refractivity contribution in [3.63, 3.8) is 0 Å². The van der Waals surface area contributed by atoms with Gasteiger partial charge < -0.3 is 18.6 Å². The molecule has 0 fully saturated rings. The molecule has 2 aromatic carbocycles. The van der Waals surface area contributed by atoms with Crippen molar-refractivity contribution in [2.45, 2.75) is 36.3 Å². The molecule has 0 spiro atoms. The van der Waals surface area contributed by atoms with E-state index in [9.17, 15) is 22.8 Å². The molecule has 0 bridgehead atoms. The minimum absolute atomic E-state index is 0.111. The third kappa shape index (κ3) is 6.89. The Morgan fingerprint density at radius 3 is 2.49 bits per heavy atom. The number of hydrogen-bond acceptors (Lipinski definition) is 11. The van der Waals surface area contributed by atoms with E-state index in [-0.39, 0.29) is 38.4 Å². The van der Waals surface area contributed by atoms with Crippen LogP contribution < -0.4 is 24.4 Å². The Morgan fingerprint density at radius 2 is 1.80 bits per heavy atom. The number of ether oxygens (including phenoxy) is 3. The molecule has 0 amide bonds. The van der Waals surface area contributed by atoms with Gasteiger partial charge in [0.2, 0.25) is 0 Å². The maximum Gasteiger partial charge on any atom is 0.433 e. The molecule has 0 saturated carbocycles. The Labute approximate surface area is 285 Å². The summed E-state index contributed by atoms with van der Waals surface area (Å²) >= 11 is 1.91. The van der Waals surface area contributed by atoms with Gasteiger partial charge in [0.05, 0.1) is 48.4 Å². The lowest BCUT2D eigenvalue weighted by Gasteiger charge is -2.25. The van der Waals surface area contributed by atoms with Gasteiger partial charge in [0.1, 0.15) is 11.5 Å². The molecule has 4 heterocycles. The standard InChI is InChI=1S/C34H27F3N4O6S2/c1-5-46-31(43)28-18(2)38-33-41(29(28)20-11-13-23(44-3)24(15-20)45-4)30(42)25(48-33)16-21-12-14-27(47-21)49-32-39-22(19-9-7-6-8-10-19)17-26(40-32)34(35,36)37/h6-17,29H,5H2,1-4H3/b25-16+/t29-/m1/s1. The predicted octanol–water partition coefficient (Wildman–Crippen LogP) is 6.04. The molecule has 252 valence electrons. The summed E-state index contributed by atoms with van der Waals surface area (Å²) in [6.07, 6.45) is -3.18. The second-order valence-electron chi connectivity index (χ2n) is 10.5. The number of benzene rings is 2. The normalized spacial score (nSPS) is 14.8. The Hall–Kier alpha value is -5.15. The molecule has 6 rings (SSSR count). The molecule has 3 aromatic heterocycles. The van der Waals surface area contributed by atoms with Crippen LogP contribution in [0.3, 0.4) is 0 Å². The van der Waals surface area contributed by atoms with E-state index in [1.165, 1.54) is 24.9 Å². The van der Waals surface area contributed by atoms with E-state index in [0.717, 1.165) is 29.2 Å². The summed E-state index contributed by atoms with van der Waals surface area (Å²) in [7, 11) is 2.99. The van der Waals surface area contributed by atoms with Crippen molar-refractivity contribution in [3.05, 3.63) is 115 Å². The summed E-state index contributed by atoms with van der Waals surface area (Å²) in [6, 6.07) is 16.7. The number of carbonyl (C=O) groups excluding carboxylic acids is 1. The Morgan fingerprint density at radius 1 is 1.04 bits per heavy atom. The highest BCUT2D eigenvalue weighted by atomic mass is 32.2. The molecule has 0 unspecified atom stereocenters. The Kier molecular flexibility index (Phi) is 9.48. The zero-order valence-electron chi connectivity index (χ0n) is 26.4. The zero-order chi connectivity index (χ0) is 34.9. The SMILES string of the molecule is CCOC(=O)C1=C(C)N=c2s/c(=C/c3ccc(Sc4nc(-c5ccccc5)cc(C(F)(F)F)n4)o3)c(=O)n2[C@@H]1c1ccc(OC)c(OC)c1. The van der Waals surface area contributed by atoms with E-state index in [1.807, 2.05) is 0 Å². The van der Waals surface area contributed by atoms with Crippen LogP contribution in [0, 0.1) is 0 Å². The number of hydrogen-bond donors (Lipinski definition) is 0. The lowest BCUT2D eigenvalue weighted by Crippen LogP contribution is -2.39. The number of rotatable bonds is 9. The maximum absolute atomic E-state index is 14.0. The van der Waals surface area contributed by atoms with Gasteiger partial charge in [-0.05, 0) is 61.5 Å². The summed E-state index contributed by atoms with van der Waals surface area (Å²) in [6.45, 7) is 3.48. The summed E-state index contributed by atoms with van der Waals surface area (Å²) in [5.41, 5.74) is 0.227. The second-order valence-corrected chi connectivity index (χ2v) is 12.4. The van der Waals surface area contributed by atoms with Crippen molar-refractivity contribution < 1.29 is 36.6 Å². The third-order valence-corrected chi connectivity index (χ3v) is 9.14. The topological polar surface area (TPSA) is 118 Å². The maximum atomic E-state index is 14.0. The van der Waals surface area contributed by atoms with E-state index in [2.05, 4.69) is 15.0 Å². The molecule has 0 N–H and O–H groups in total. The van der Waals surface area contributed by atoms with Gasteiger partial charge in [-0.1, -0.05) is 47.7 Å². The molecule has 15 heteroatoms. The monoisotopic (exact) mass is 708 g/mol. The zero-order valence-corrected chi connectivity index (χ0v) is 28.0. The molecule has 0 saturated heterocycles. The number of halogens is 3. The van der Waals surface area contributed by atoms with E-state index >= 15 is 0 Å². The quantitative estimate of drug-likeness (QED) is 0.134. The number of furan rings is 1. The van der Waals surface area contributed by atoms with Crippen LogP contribution in [-0.4, -0.2) is 41.3 Å². The lowest BCUT2D eigenvalue weighted by atomic mass is 9.95. The van der Waals surface area contributed by atoms with Crippen LogP contribution in [0.1, 0.15) is 36.9 Å². The molecule has 5 aromatic rings. The van der Waals surface area contributed by atoms with E-state index in [4.69, 9.17) is 18.6 Å². The molecule has 0 radical (unpaired) electrons. The highest BCUT2D eigenvalue weighted by molar-refractivity contribution is 7.99. The first-order chi connectivity index (χ1) is 23.5. The van der Waals surface area contributed by atoms with Gasteiger partial charge >= 0.3 is 12.1 Å². The van der Waals surface area contributed by atoms with Crippen molar-refractivity contribution in [2.75, 3.05) is 20.8 Å². The molecule has 49 heavy (non-hydrogen) atoms. The highest BCUT2D eigenvalue weighted by Crippen LogP contribution is 2.37. The number of carbonyl (C=O) groups is 1. The molecule has 1 atom stereocenters. The number of alkyl halides is 3. The minimum Gasteiger partial charge on any atom is -0.493 e. The lowest BCUT2D eigenvalue weighted by molar-refractivity contribution is -0.141. The number of fused-ring (bicyclic) bond motifs is 1. The molecule has 0 aliphatic carbocycles. The van der Waals surface area contributed by atoms with Crippen molar-refractivity contribution >= 4 is 35.1 Å². The average molecular weight is 709 g/mol. The van der Waals surface area contributed by atoms with Gasteiger partial charge in [0.15, 0.2) is 26.5 Å². The van der Waals surface area contributed by atoms with Crippen LogP contribution in [0.2, 0.25) is 0 Å². The number of methoxy groups -OCH3 is 2. The van der Waals surface area contributed by atoms with Crippen LogP contribution in [0.4, 0.5) is 13.2 Å². The average Bonchev–Trinajstić information content (AvgIpc) is 3.66. The van der Waals surface area contributed by atoms with Crippen LogP contribution >= 0.6 is 23.1 Å². The van der Waals surface area contributed by atoms with Crippen molar-refractivity contribution in [2.24, 2.45) is 4.99 Å². The van der Waals surface area contributed by atoms with Crippen molar-refractivity contribution in [3.8, 4) is 22.8 Å². The molecule has 1 aliphatic rings. The van der Waals surface area contributed by atoms with Crippen LogP contribution in [0.5, 0.6) is 11.5 Å². The summed E-state index contributed by atoms with van der Waals surface area (Å²) in [4.78, 5) is 40.2. The van der Waals surface area contributed by atoms with Gasteiger partial charge in [-0.3, -0.25) is 9.36 Å². The largest absolute Gasteiger partial charge is 0.493 e.